The number of piperidine rings is 1. The number of thiazole rings is 1. The van der Waals surface area contributed by atoms with E-state index >= 15 is 0 Å². The number of H-pyrrole nitrogens is 1. The lowest BCUT2D eigenvalue weighted by Crippen LogP contribution is -2.58. The van der Waals surface area contributed by atoms with Gasteiger partial charge < -0.3 is 45.1 Å². The number of carbonyl (C=O) groups is 3. The van der Waals surface area contributed by atoms with Gasteiger partial charge in [-0.25, -0.2) is 19.0 Å². The van der Waals surface area contributed by atoms with E-state index in [1.54, 1.807) is 6.07 Å². The molecule has 2 aliphatic heterocycles. The summed E-state index contributed by atoms with van der Waals surface area (Å²) < 4.78 is 105. The van der Waals surface area contributed by atoms with E-state index in [2.05, 4.69) is 34.0 Å². The highest BCUT2D eigenvalue weighted by molar-refractivity contribution is 7.09. The van der Waals surface area contributed by atoms with Crippen LogP contribution in [0.3, 0.4) is 0 Å². The molecule has 4 heterocycles. The number of phenolic OH excluding ortho intramolecular Hbond substituents is 1. The molecule has 2 aromatic heterocycles. The number of aliphatic hydroxyl groups excluding tert-OH is 1. The fourth-order valence-electron chi connectivity index (χ4n) is 6.60. The SMILES string of the molecule is CC(C)c1nc(C(=O)N2CCOC3(CCN(CCOc4ccc(CCNC[C@H](O)c5ccc(O)c6[nH]c(=O)ccc56)c(F)c4F)CC3)C2)cs1.O=C(O)C(F)(F)F.O=C(O)C(F)(F)F. The number of aromatic amines is 1. The minimum atomic E-state index is -5.08. The number of hydrogen-bond acceptors (Lipinski definition) is 12. The van der Waals surface area contributed by atoms with Crippen molar-refractivity contribution < 1.29 is 79.4 Å². The van der Waals surface area contributed by atoms with Gasteiger partial charge in [-0.3, -0.25) is 14.5 Å². The zero-order valence-electron chi connectivity index (χ0n) is 34.2. The Morgan fingerprint density at radius 1 is 0.969 bits per heavy atom. The van der Waals surface area contributed by atoms with Crippen molar-refractivity contribution in [3.05, 3.63) is 85.6 Å². The molecule has 15 nitrogen and oxygen atoms in total. The van der Waals surface area contributed by atoms with Crippen LogP contribution in [-0.2, 0) is 20.7 Å². The zero-order chi connectivity index (χ0) is 47.6. The summed E-state index contributed by atoms with van der Waals surface area (Å²) in [5.74, 6) is -7.54. The topological polar surface area (TPSA) is 215 Å². The van der Waals surface area contributed by atoms with Crippen molar-refractivity contribution >= 4 is 40.1 Å². The van der Waals surface area contributed by atoms with Crippen molar-refractivity contribution in [3.63, 3.8) is 0 Å². The van der Waals surface area contributed by atoms with Gasteiger partial charge in [-0.1, -0.05) is 26.0 Å². The maximum absolute atomic E-state index is 14.9. The number of amides is 1. The van der Waals surface area contributed by atoms with Gasteiger partial charge in [-0.2, -0.15) is 30.7 Å². The Bertz CT molecular complexity index is 2270. The number of likely N-dealkylation sites (tertiary alicyclic amines) is 1. The molecule has 4 aromatic rings. The molecule has 1 atom stereocenters. The zero-order valence-corrected chi connectivity index (χ0v) is 35.0. The van der Waals surface area contributed by atoms with Crippen molar-refractivity contribution in [2.45, 2.75) is 63.1 Å². The summed E-state index contributed by atoms with van der Waals surface area (Å²) in [6, 6.07) is 8.77. The van der Waals surface area contributed by atoms with Gasteiger partial charge in [0, 0.05) is 55.5 Å². The van der Waals surface area contributed by atoms with Gasteiger partial charge in [0.1, 0.15) is 18.1 Å². The number of carboxylic acids is 2. The Kier molecular flexibility index (Phi) is 17.6. The van der Waals surface area contributed by atoms with Crippen LogP contribution < -0.4 is 15.6 Å². The Morgan fingerprint density at radius 3 is 2.20 bits per heavy atom. The predicted molar refractivity (Wildman–Crippen MR) is 213 cm³/mol. The lowest BCUT2D eigenvalue weighted by atomic mass is 9.89. The normalized spacial score (nSPS) is 15.8. The first-order valence-corrected chi connectivity index (χ1v) is 20.3. The lowest BCUT2D eigenvalue weighted by molar-refractivity contribution is -0.193. The molecule has 0 aliphatic carbocycles. The minimum absolute atomic E-state index is 0.0539. The number of hydrogen-bond donors (Lipinski definition) is 6. The summed E-state index contributed by atoms with van der Waals surface area (Å²) >= 11 is 1.51. The van der Waals surface area contributed by atoms with E-state index < -0.39 is 47.6 Å². The average Bonchev–Trinajstić information content (AvgIpc) is 3.73. The first-order valence-electron chi connectivity index (χ1n) is 19.5. The van der Waals surface area contributed by atoms with Gasteiger partial charge in [0.25, 0.3) is 5.91 Å². The molecule has 6 rings (SSSR count). The molecule has 1 amide bonds. The van der Waals surface area contributed by atoms with Gasteiger partial charge in [0.05, 0.1) is 35.4 Å². The number of morpholine rings is 1. The van der Waals surface area contributed by atoms with Crippen molar-refractivity contribution in [1.82, 2.24) is 25.1 Å². The van der Waals surface area contributed by atoms with Crippen LogP contribution in [0.1, 0.15) is 65.3 Å². The third kappa shape index (κ3) is 14.0. The quantitative estimate of drug-likeness (QED) is 0.0754. The molecule has 2 saturated heterocycles. The Morgan fingerprint density at radius 2 is 1.61 bits per heavy atom. The Balaban J connectivity index is 0.000000555. The number of carbonyl (C=O) groups excluding carboxylic acids is 1. The molecule has 64 heavy (non-hydrogen) atoms. The van der Waals surface area contributed by atoms with Crippen molar-refractivity contribution in [1.29, 1.82) is 0 Å². The number of alkyl halides is 6. The molecule has 6 N–H and O–H groups in total. The number of pyridine rings is 1. The summed E-state index contributed by atoms with van der Waals surface area (Å²) in [5, 5.41) is 41.4. The van der Waals surface area contributed by atoms with Crippen molar-refractivity contribution in [2.24, 2.45) is 0 Å². The van der Waals surface area contributed by atoms with E-state index in [-0.39, 0.29) is 66.1 Å². The van der Waals surface area contributed by atoms with Crippen LogP contribution in [0.25, 0.3) is 10.9 Å². The molecule has 352 valence electrons. The van der Waals surface area contributed by atoms with Crippen LogP contribution in [0.5, 0.6) is 11.5 Å². The highest BCUT2D eigenvalue weighted by Gasteiger charge is 2.42. The monoisotopic (exact) mass is 939 g/mol. The van der Waals surface area contributed by atoms with Crippen molar-refractivity contribution in [2.75, 3.05) is 59.0 Å². The van der Waals surface area contributed by atoms with E-state index in [9.17, 15) is 54.9 Å². The fraction of sp³-hybridized carbons (Fsp3) is 0.475. The standard InChI is InChI=1S/C36H43F2N5O6S.2C2HF3O2/c1-22(2)34-40-26(20-50-34)35(47)43-16-18-49-36(21-43)10-13-42(14-11-36)15-17-48-29-7-3-23(31(37)32(29)38)9-12-39-19-28(45)24-4-6-27(44)33-25(24)5-8-30(46)41-33;2*3-2(4,5)1(6)7/h3-8,20,22,28,39,44-45H,9-19,21H2,1-2H3,(H,41,46);2*(H,6,7)/t28-;;/m0../s1. The Labute approximate surface area is 363 Å². The molecular weight excluding hydrogens is 895 g/mol. The lowest BCUT2D eigenvalue weighted by Gasteiger charge is -2.47. The number of fused-ring (bicyclic) bond motifs is 1. The number of benzene rings is 2. The van der Waals surface area contributed by atoms with E-state index in [1.165, 1.54) is 41.7 Å². The van der Waals surface area contributed by atoms with Crippen LogP contribution in [0.2, 0.25) is 0 Å². The molecule has 0 saturated carbocycles. The second-order valence-corrected chi connectivity index (χ2v) is 15.8. The summed E-state index contributed by atoms with van der Waals surface area (Å²) in [4.78, 5) is 53.8. The molecule has 2 aromatic carbocycles. The van der Waals surface area contributed by atoms with Crippen molar-refractivity contribution in [3.8, 4) is 11.5 Å². The number of halogens is 8. The number of aliphatic carboxylic acids is 2. The molecule has 2 aliphatic rings. The van der Waals surface area contributed by atoms with E-state index in [0.717, 1.165) is 30.9 Å². The Hall–Kier alpha value is -5.43. The summed E-state index contributed by atoms with van der Waals surface area (Å²) in [6.45, 7) is 8.27. The van der Waals surface area contributed by atoms with Crippen LogP contribution >= 0.6 is 11.3 Å². The smallest absolute Gasteiger partial charge is 0.490 e. The number of phenols is 1. The molecule has 0 radical (unpaired) electrons. The number of nitrogens with one attached hydrogen (secondary N) is 2. The predicted octanol–water partition coefficient (Wildman–Crippen LogP) is 5.61. The highest BCUT2D eigenvalue weighted by atomic mass is 32.1. The fourth-order valence-corrected chi connectivity index (χ4v) is 7.41. The summed E-state index contributed by atoms with van der Waals surface area (Å²) in [6.07, 6.45) is -9.45. The minimum Gasteiger partial charge on any atom is -0.506 e. The molecular formula is C40H45F8N5O10S. The van der Waals surface area contributed by atoms with E-state index in [4.69, 9.17) is 29.3 Å². The second kappa shape index (κ2) is 22.0. The third-order valence-electron chi connectivity index (χ3n) is 9.99. The summed E-state index contributed by atoms with van der Waals surface area (Å²) in [5.41, 5.74) is 0.654. The molecule has 2 fully saturated rings. The maximum atomic E-state index is 14.9. The van der Waals surface area contributed by atoms with Gasteiger partial charge in [0.2, 0.25) is 11.4 Å². The number of rotatable bonds is 12. The number of nitrogens with zero attached hydrogens (tertiary/aromatic N) is 3. The van der Waals surface area contributed by atoms with Crippen LogP contribution in [0, 0.1) is 11.6 Å². The van der Waals surface area contributed by atoms with Gasteiger partial charge in [0.15, 0.2) is 11.6 Å². The number of aromatic hydroxyl groups is 1. The van der Waals surface area contributed by atoms with Crippen LogP contribution in [0.15, 0.2) is 46.6 Å². The number of aliphatic hydroxyl groups is 1. The molecule has 1 spiro atoms. The number of ether oxygens (including phenoxy) is 2. The highest BCUT2D eigenvalue weighted by Crippen LogP contribution is 2.32. The molecule has 0 bridgehead atoms. The molecule has 0 unspecified atom stereocenters. The first kappa shape index (κ1) is 51.2. The van der Waals surface area contributed by atoms with Crippen LogP contribution in [0.4, 0.5) is 35.1 Å². The first-order chi connectivity index (χ1) is 29.9. The maximum Gasteiger partial charge on any atom is 0.490 e. The third-order valence-corrected chi connectivity index (χ3v) is 11.1. The van der Waals surface area contributed by atoms with E-state index in [1.807, 2.05) is 10.3 Å². The average molecular weight is 940 g/mol. The van der Waals surface area contributed by atoms with Gasteiger partial charge >= 0.3 is 24.3 Å². The second-order valence-electron chi connectivity index (χ2n) is 14.9. The van der Waals surface area contributed by atoms with Gasteiger partial charge in [-0.05, 0) is 55.1 Å². The van der Waals surface area contributed by atoms with Crippen LogP contribution in [-0.4, -0.2) is 135 Å². The molecule has 24 heteroatoms. The number of aromatic nitrogens is 2. The number of carboxylic acid groups (broad SMARTS) is 2. The van der Waals surface area contributed by atoms with E-state index in [0.29, 0.717) is 42.9 Å². The van der Waals surface area contributed by atoms with Gasteiger partial charge in [-0.15, -0.1) is 11.3 Å². The summed E-state index contributed by atoms with van der Waals surface area (Å²) in [7, 11) is 0. The largest absolute Gasteiger partial charge is 0.506 e.